The van der Waals surface area contributed by atoms with Crippen LogP contribution in [0.3, 0.4) is 0 Å². The molecule has 0 radical (unpaired) electrons. The summed E-state index contributed by atoms with van der Waals surface area (Å²) in [5, 5.41) is 4.47. The number of fused-ring (bicyclic) bond motifs is 1. The maximum atomic E-state index is 9.98. The van der Waals surface area contributed by atoms with Crippen molar-refractivity contribution in [1.82, 2.24) is 14.8 Å². The number of aryl methyl sites for hydroxylation is 2. The minimum atomic E-state index is -0.105. The second-order valence-corrected chi connectivity index (χ2v) is 11.8. The van der Waals surface area contributed by atoms with E-state index in [0.717, 1.165) is 43.2 Å². The molecule has 1 saturated heterocycles. The number of piperidine rings is 1. The Morgan fingerprint density at radius 1 is 1.05 bits per heavy atom. The molecular formula is C34H43Cl2N3O2. The number of carbonyl (C=O) groups is 1. The largest absolute Gasteiger partial charge is 0.494 e. The highest BCUT2D eigenvalue weighted by Gasteiger charge is 2.19. The Hall–Kier alpha value is -2.73. The van der Waals surface area contributed by atoms with Crippen LogP contribution in [0.4, 0.5) is 0 Å². The lowest BCUT2D eigenvalue weighted by molar-refractivity contribution is -0.109. The number of aromatic nitrogens is 1. The maximum Gasteiger partial charge on any atom is 0.207 e. The van der Waals surface area contributed by atoms with Crippen molar-refractivity contribution in [2.45, 2.75) is 57.4 Å². The standard InChI is InChI=1S/C26H34N2O.C8H9Cl2NO/c1-2-23-8-6-9-24-14-20-28(26(23)24)17-7-16-27-18-12-22(13-19-27)15-21-29-25-10-4-3-5-11-25;9-7-2-1-6(3-8(7)10)4-11-5-12/h3-6,8-11,14,20,22H,2,7,12-13,15-19,21H2,1H3;1,3,5,7H,2,4H2,(H,11,12). The van der Waals surface area contributed by atoms with Crippen molar-refractivity contribution in [3.05, 3.63) is 89.1 Å². The summed E-state index contributed by atoms with van der Waals surface area (Å²) in [7, 11) is 0. The van der Waals surface area contributed by atoms with Gasteiger partial charge in [0.25, 0.3) is 0 Å². The molecule has 1 fully saturated rings. The van der Waals surface area contributed by atoms with Crippen molar-refractivity contribution in [3.8, 4) is 5.75 Å². The van der Waals surface area contributed by atoms with E-state index in [1.807, 2.05) is 36.4 Å². The number of para-hydroxylation sites is 2. The van der Waals surface area contributed by atoms with Gasteiger partial charge in [-0.3, -0.25) is 4.79 Å². The number of hydrogen-bond donors (Lipinski definition) is 1. The molecule has 2 heterocycles. The molecule has 41 heavy (non-hydrogen) atoms. The van der Waals surface area contributed by atoms with E-state index in [4.69, 9.17) is 27.9 Å². The number of ether oxygens (including phenoxy) is 1. The van der Waals surface area contributed by atoms with Crippen LogP contribution < -0.4 is 10.1 Å². The Bertz CT molecular complexity index is 1280. The molecule has 2 aromatic carbocycles. The minimum absolute atomic E-state index is 0.105. The predicted molar refractivity (Wildman–Crippen MR) is 172 cm³/mol. The fourth-order valence-corrected chi connectivity index (χ4v) is 5.99. The summed E-state index contributed by atoms with van der Waals surface area (Å²) in [6.45, 7) is 8.41. The molecular weight excluding hydrogens is 553 g/mol. The third kappa shape index (κ3) is 9.66. The van der Waals surface area contributed by atoms with Crippen LogP contribution in [0.5, 0.6) is 5.75 Å². The first-order valence-electron chi connectivity index (χ1n) is 14.9. The molecule has 1 unspecified atom stereocenters. The van der Waals surface area contributed by atoms with Gasteiger partial charge in [0, 0.05) is 24.3 Å². The van der Waals surface area contributed by atoms with Gasteiger partial charge in [0.05, 0.1) is 17.5 Å². The molecule has 1 aliphatic carbocycles. The number of benzene rings is 2. The first-order chi connectivity index (χ1) is 20.1. The van der Waals surface area contributed by atoms with Crippen LogP contribution in [0.2, 0.25) is 0 Å². The molecule has 1 aliphatic heterocycles. The normalized spacial score (nSPS) is 17.8. The number of hydrogen-bond acceptors (Lipinski definition) is 3. The Kier molecular flexibility index (Phi) is 12.7. The molecule has 1 atom stereocenters. The number of rotatable bonds is 12. The monoisotopic (exact) mass is 595 g/mol. The molecule has 5 nitrogen and oxygen atoms in total. The molecule has 1 N–H and O–H groups in total. The number of nitrogens with one attached hydrogen (secondary N) is 1. The molecule has 7 heteroatoms. The van der Waals surface area contributed by atoms with Crippen molar-refractivity contribution in [2.75, 3.05) is 32.8 Å². The lowest BCUT2D eigenvalue weighted by Crippen LogP contribution is -2.35. The van der Waals surface area contributed by atoms with Crippen molar-refractivity contribution in [2.24, 2.45) is 5.92 Å². The molecule has 0 bridgehead atoms. The van der Waals surface area contributed by atoms with Gasteiger partial charge in [-0.1, -0.05) is 61.0 Å². The number of allylic oxidation sites excluding steroid dienone is 2. The minimum Gasteiger partial charge on any atom is -0.494 e. The lowest BCUT2D eigenvalue weighted by Gasteiger charge is -2.32. The van der Waals surface area contributed by atoms with Crippen LogP contribution in [0.25, 0.3) is 10.9 Å². The predicted octanol–water partition coefficient (Wildman–Crippen LogP) is 7.57. The molecule has 5 rings (SSSR count). The van der Waals surface area contributed by atoms with Crippen molar-refractivity contribution in [1.29, 1.82) is 0 Å². The quantitative estimate of drug-likeness (QED) is 0.173. The number of likely N-dealkylation sites (tertiary alicyclic amines) is 1. The summed E-state index contributed by atoms with van der Waals surface area (Å²) in [6.07, 6.45) is 13.5. The maximum absolute atomic E-state index is 9.98. The molecule has 1 aromatic heterocycles. The summed E-state index contributed by atoms with van der Waals surface area (Å²) in [5.74, 6) is 1.81. The van der Waals surface area contributed by atoms with Crippen LogP contribution in [0.1, 0.15) is 44.6 Å². The molecule has 0 saturated carbocycles. The number of halogens is 2. The zero-order chi connectivity index (χ0) is 28.9. The second kappa shape index (κ2) is 16.6. The molecule has 2 aliphatic rings. The van der Waals surface area contributed by atoms with Crippen molar-refractivity contribution in [3.63, 3.8) is 0 Å². The lowest BCUT2D eigenvalue weighted by atomic mass is 9.94. The van der Waals surface area contributed by atoms with Gasteiger partial charge in [0.2, 0.25) is 6.41 Å². The number of nitrogens with zero attached hydrogens (tertiary/aromatic N) is 2. The van der Waals surface area contributed by atoms with E-state index in [1.54, 1.807) is 6.08 Å². The topological polar surface area (TPSA) is 46.5 Å². The van der Waals surface area contributed by atoms with E-state index in [9.17, 15) is 4.79 Å². The highest BCUT2D eigenvalue weighted by Crippen LogP contribution is 2.25. The summed E-state index contributed by atoms with van der Waals surface area (Å²) in [4.78, 5) is 12.6. The van der Waals surface area contributed by atoms with Crippen LogP contribution in [0.15, 0.2) is 83.6 Å². The third-order valence-corrected chi connectivity index (χ3v) is 8.87. The van der Waals surface area contributed by atoms with Gasteiger partial charge in [-0.25, -0.2) is 0 Å². The number of alkyl halides is 1. The van der Waals surface area contributed by atoms with Gasteiger partial charge in [-0.15, -0.1) is 11.6 Å². The fourth-order valence-electron chi connectivity index (χ4n) is 5.61. The smallest absolute Gasteiger partial charge is 0.207 e. The first-order valence-corrected chi connectivity index (χ1v) is 15.7. The van der Waals surface area contributed by atoms with Gasteiger partial charge in [0.15, 0.2) is 0 Å². The Labute approximate surface area is 255 Å². The average molecular weight is 597 g/mol. The molecule has 0 spiro atoms. The van der Waals surface area contributed by atoms with Crippen LogP contribution in [-0.2, 0) is 17.8 Å². The summed E-state index contributed by atoms with van der Waals surface area (Å²) < 4.78 is 8.34. The van der Waals surface area contributed by atoms with Crippen molar-refractivity contribution < 1.29 is 9.53 Å². The van der Waals surface area contributed by atoms with Crippen molar-refractivity contribution >= 4 is 40.5 Å². The number of carbonyl (C=O) groups excluding carboxylic acids is 1. The Morgan fingerprint density at radius 3 is 2.59 bits per heavy atom. The zero-order valence-corrected chi connectivity index (χ0v) is 25.6. The highest BCUT2D eigenvalue weighted by atomic mass is 35.5. The average Bonchev–Trinajstić information content (AvgIpc) is 3.43. The summed E-state index contributed by atoms with van der Waals surface area (Å²) in [5.41, 5.74) is 3.90. The summed E-state index contributed by atoms with van der Waals surface area (Å²) >= 11 is 11.6. The third-order valence-electron chi connectivity index (χ3n) is 7.97. The zero-order valence-electron chi connectivity index (χ0n) is 24.1. The van der Waals surface area contributed by atoms with Crippen LogP contribution in [-0.4, -0.2) is 54.0 Å². The Morgan fingerprint density at radius 2 is 1.85 bits per heavy atom. The van der Waals surface area contributed by atoms with E-state index >= 15 is 0 Å². The van der Waals surface area contributed by atoms with E-state index in [-0.39, 0.29) is 5.38 Å². The molecule has 1 amide bonds. The van der Waals surface area contributed by atoms with E-state index in [2.05, 4.69) is 52.2 Å². The van der Waals surface area contributed by atoms with E-state index in [0.29, 0.717) is 18.0 Å². The Balaban J connectivity index is 0.000000271. The highest BCUT2D eigenvalue weighted by molar-refractivity contribution is 6.37. The molecule has 220 valence electrons. The van der Waals surface area contributed by atoms with E-state index < -0.39 is 0 Å². The fraction of sp³-hybridized carbons (Fsp3) is 0.441. The van der Waals surface area contributed by atoms with Gasteiger partial charge >= 0.3 is 0 Å². The van der Waals surface area contributed by atoms with Gasteiger partial charge in [-0.05, 0) is 105 Å². The SMILES string of the molecule is CCc1cccc2ccn(CCCN3CCC(CCOc4ccccc4)CC3)c12.O=CNCC1=CCC(Cl)C(Cl)=C1. The van der Waals surface area contributed by atoms with Gasteiger partial charge in [-0.2, -0.15) is 0 Å². The van der Waals surface area contributed by atoms with Gasteiger partial charge < -0.3 is 19.5 Å². The van der Waals surface area contributed by atoms with E-state index in [1.165, 1.54) is 61.8 Å². The number of amides is 1. The molecule has 3 aromatic rings. The second-order valence-electron chi connectivity index (χ2n) is 10.8. The van der Waals surface area contributed by atoms with Gasteiger partial charge in [0.1, 0.15) is 5.75 Å². The van der Waals surface area contributed by atoms with Crippen LogP contribution >= 0.6 is 23.2 Å². The summed E-state index contributed by atoms with van der Waals surface area (Å²) in [6, 6.07) is 19.1. The first kappa shape index (κ1) is 31.2. The van der Waals surface area contributed by atoms with Crippen LogP contribution in [0, 0.1) is 5.92 Å².